The zero-order valence-electron chi connectivity index (χ0n) is 10.3. The second kappa shape index (κ2) is 4.73. The maximum Gasteiger partial charge on any atom is 0.417 e. The number of hydrogen-bond acceptors (Lipinski definition) is 5. The summed E-state index contributed by atoms with van der Waals surface area (Å²) in [6, 6.07) is 0.389. The lowest BCUT2D eigenvalue weighted by atomic mass is 10.2. The van der Waals surface area contributed by atoms with E-state index in [-0.39, 0.29) is 24.5 Å². The van der Waals surface area contributed by atoms with Crippen LogP contribution in [0.4, 0.5) is 0 Å². The number of carbonyl (C=O) groups is 1. The van der Waals surface area contributed by atoms with Crippen molar-refractivity contribution in [2.45, 2.75) is 38.6 Å². The van der Waals surface area contributed by atoms with Gasteiger partial charge in [0.25, 0.3) is 5.91 Å². The molecule has 1 aromatic rings. The molecular formula is C11H17N3O3. The molecule has 0 atom stereocenters. The van der Waals surface area contributed by atoms with E-state index in [0.29, 0.717) is 11.9 Å². The average molecular weight is 239 g/mol. The van der Waals surface area contributed by atoms with Crippen LogP contribution in [-0.2, 0) is 4.79 Å². The van der Waals surface area contributed by atoms with Crippen LogP contribution >= 0.6 is 0 Å². The van der Waals surface area contributed by atoms with Gasteiger partial charge in [0.1, 0.15) is 0 Å². The SMILES string of the molecule is CC(C)c1noc(OCC(=O)N(C)C2CC2)n1. The van der Waals surface area contributed by atoms with E-state index < -0.39 is 0 Å². The molecule has 1 aliphatic rings. The van der Waals surface area contributed by atoms with Crippen LogP contribution in [-0.4, -0.2) is 40.6 Å². The molecule has 0 N–H and O–H groups in total. The Kier molecular flexibility index (Phi) is 3.31. The second-order valence-corrected chi connectivity index (χ2v) is 4.60. The summed E-state index contributed by atoms with van der Waals surface area (Å²) < 4.78 is 10.0. The van der Waals surface area contributed by atoms with Gasteiger partial charge in [-0.3, -0.25) is 9.32 Å². The Bertz CT molecular complexity index is 398. The van der Waals surface area contributed by atoms with Gasteiger partial charge in [-0.05, 0) is 12.8 Å². The van der Waals surface area contributed by atoms with E-state index in [1.54, 1.807) is 11.9 Å². The summed E-state index contributed by atoms with van der Waals surface area (Å²) in [6.07, 6.45) is 2.23. The first-order chi connectivity index (χ1) is 8.08. The second-order valence-electron chi connectivity index (χ2n) is 4.60. The Hall–Kier alpha value is -1.59. The lowest BCUT2D eigenvalue weighted by Crippen LogP contribution is -2.33. The fourth-order valence-corrected chi connectivity index (χ4v) is 1.40. The highest BCUT2D eigenvalue weighted by Gasteiger charge is 2.29. The average Bonchev–Trinajstić information content (AvgIpc) is 3.03. The van der Waals surface area contributed by atoms with Crippen LogP contribution in [0.3, 0.4) is 0 Å². The molecule has 6 heteroatoms. The van der Waals surface area contributed by atoms with Crippen LogP contribution in [0.25, 0.3) is 0 Å². The topological polar surface area (TPSA) is 68.5 Å². The van der Waals surface area contributed by atoms with Gasteiger partial charge in [-0.25, -0.2) is 0 Å². The van der Waals surface area contributed by atoms with Gasteiger partial charge in [-0.15, -0.1) is 0 Å². The highest BCUT2D eigenvalue weighted by molar-refractivity contribution is 5.78. The standard InChI is InChI=1S/C11H17N3O3/c1-7(2)10-12-11(17-13-10)16-6-9(15)14(3)8-4-5-8/h7-8H,4-6H2,1-3H3. The normalized spacial score (nSPS) is 15.1. The number of likely N-dealkylation sites (N-methyl/N-ethyl adjacent to an activating group) is 1. The molecule has 1 fully saturated rings. The zero-order valence-corrected chi connectivity index (χ0v) is 10.3. The van der Waals surface area contributed by atoms with Gasteiger partial charge in [0.15, 0.2) is 12.4 Å². The molecule has 0 aromatic carbocycles. The van der Waals surface area contributed by atoms with Crippen molar-refractivity contribution in [2.24, 2.45) is 0 Å². The minimum atomic E-state index is -0.0585. The largest absolute Gasteiger partial charge is 0.439 e. The van der Waals surface area contributed by atoms with Gasteiger partial charge in [0.05, 0.1) is 0 Å². The Morgan fingerprint density at radius 3 is 2.82 bits per heavy atom. The van der Waals surface area contributed by atoms with E-state index >= 15 is 0 Å². The molecule has 0 aliphatic heterocycles. The Morgan fingerprint density at radius 1 is 1.59 bits per heavy atom. The smallest absolute Gasteiger partial charge is 0.417 e. The molecular weight excluding hydrogens is 222 g/mol. The summed E-state index contributed by atoms with van der Waals surface area (Å²) in [5, 5.41) is 3.75. The molecule has 6 nitrogen and oxygen atoms in total. The van der Waals surface area contributed by atoms with E-state index in [0.717, 1.165) is 12.8 Å². The fourth-order valence-electron chi connectivity index (χ4n) is 1.40. The van der Waals surface area contributed by atoms with Gasteiger partial charge in [-0.2, -0.15) is 4.98 Å². The molecule has 0 spiro atoms. The monoisotopic (exact) mass is 239 g/mol. The molecule has 2 rings (SSSR count). The van der Waals surface area contributed by atoms with Crippen LogP contribution in [0.1, 0.15) is 38.4 Å². The van der Waals surface area contributed by atoms with Crippen LogP contribution in [0, 0.1) is 0 Å². The van der Waals surface area contributed by atoms with Gasteiger partial charge in [0.2, 0.25) is 0 Å². The molecule has 1 saturated carbocycles. The lowest BCUT2D eigenvalue weighted by Gasteiger charge is -2.15. The van der Waals surface area contributed by atoms with Crippen molar-refractivity contribution in [1.82, 2.24) is 15.0 Å². The summed E-state index contributed by atoms with van der Waals surface area (Å²) in [4.78, 5) is 17.4. The van der Waals surface area contributed by atoms with E-state index in [4.69, 9.17) is 9.26 Å². The Morgan fingerprint density at radius 2 is 2.29 bits per heavy atom. The van der Waals surface area contributed by atoms with E-state index in [2.05, 4.69) is 10.1 Å². The number of amides is 1. The van der Waals surface area contributed by atoms with Gasteiger partial charge in [-0.1, -0.05) is 19.0 Å². The zero-order chi connectivity index (χ0) is 12.4. The fraction of sp³-hybridized carbons (Fsp3) is 0.727. The number of ether oxygens (including phenoxy) is 1. The number of nitrogens with zero attached hydrogens (tertiary/aromatic N) is 3. The van der Waals surface area contributed by atoms with Crippen LogP contribution in [0.2, 0.25) is 0 Å². The molecule has 17 heavy (non-hydrogen) atoms. The highest BCUT2D eigenvalue weighted by atomic mass is 16.6. The molecule has 1 aliphatic carbocycles. The predicted octanol–water partition coefficient (Wildman–Crippen LogP) is 1.19. The minimum Gasteiger partial charge on any atom is -0.439 e. The molecule has 0 saturated heterocycles. The Labute approximate surface area is 99.9 Å². The molecule has 0 unspecified atom stereocenters. The predicted molar refractivity (Wildman–Crippen MR) is 59.7 cm³/mol. The number of carbonyl (C=O) groups excluding carboxylic acids is 1. The van der Waals surface area contributed by atoms with E-state index in [9.17, 15) is 4.79 Å². The first-order valence-electron chi connectivity index (χ1n) is 5.80. The Balaban J connectivity index is 1.82. The van der Waals surface area contributed by atoms with Gasteiger partial charge >= 0.3 is 6.08 Å². The summed E-state index contributed by atoms with van der Waals surface area (Å²) in [7, 11) is 1.79. The van der Waals surface area contributed by atoms with Crippen LogP contribution in [0.15, 0.2) is 4.52 Å². The van der Waals surface area contributed by atoms with Crippen molar-refractivity contribution in [1.29, 1.82) is 0 Å². The minimum absolute atomic E-state index is 0.0489. The maximum absolute atomic E-state index is 11.6. The molecule has 94 valence electrons. The number of hydrogen-bond donors (Lipinski definition) is 0. The van der Waals surface area contributed by atoms with Crippen molar-refractivity contribution in [2.75, 3.05) is 13.7 Å². The first kappa shape index (κ1) is 11.9. The molecule has 1 amide bonds. The van der Waals surface area contributed by atoms with E-state index in [1.165, 1.54) is 0 Å². The third-order valence-electron chi connectivity index (χ3n) is 2.75. The number of aromatic nitrogens is 2. The third-order valence-corrected chi connectivity index (χ3v) is 2.75. The first-order valence-corrected chi connectivity index (χ1v) is 5.80. The van der Waals surface area contributed by atoms with Crippen molar-refractivity contribution in [3.05, 3.63) is 5.82 Å². The molecule has 0 radical (unpaired) electrons. The van der Waals surface area contributed by atoms with Crippen molar-refractivity contribution in [3.63, 3.8) is 0 Å². The number of rotatable bonds is 5. The van der Waals surface area contributed by atoms with Crippen LogP contribution < -0.4 is 4.74 Å². The molecule has 0 bridgehead atoms. The third kappa shape index (κ3) is 2.95. The quantitative estimate of drug-likeness (QED) is 0.772. The van der Waals surface area contributed by atoms with Crippen LogP contribution in [0.5, 0.6) is 6.08 Å². The highest BCUT2D eigenvalue weighted by Crippen LogP contribution is 2.25. The van der Waals surface area contributed by atoms with Gasteiger partial charge in [0, 0.05) is 19.0 Å². The summed E-state index contributed by atoms with van der Waals surface area (Å²) in [5.41, 5.74) is 0. The molecule has 1 aromatic heterocycles. The van der Waals surface area contributed by atoms with Crippen molar-refractivity contribution < 1.29 is 14.1 Å². The maximum atomic E-state index is 11.6. The summed E-state index contributed by atoms with van der Waals surface area (Å²) in [5.74, 6) is 0.709. The lowest BCUT2D eigenvalue weighted by molar-refractivity contribution is -0.133. The van der Waals surface area contributed by atoms with Crippen molar-refractivity contribution in [3.8, 4) is 6.08 Å². The molecule has 1 heterocycles. The van der Waals surface area contributed by atoms with Gasteiger partial charge < -0.3 is 9.64 Å². The van der Waals surface area contributed by atoms with E-state index in [1.807, 2.05) is 13.8 Å². The summed E-state index contributed by atoms with van der Waals surface area (Å²) in [6.45, 7) is 3.87. The summed E-state index contributed by atoms with van der Waals surface area (Å²) >= 11 is 0. The van der Waals surface area contributed by atoms with Crippen molar-refractivity contribution >= 4 is 5.91 Å².